The molecule has 170 valence electrons. The van der Waals surface area contributed by atoms with Crippen LogP contribution in [0.15, 0.2) is 42.5 Å². The van der Waals surface area contributed by atoms with Gasteiger partial charge in [-0.1, -0.05) is 11.6 Å². The number of nitrogens with zero attached hydrogens (tertiary/aromatic N) is 3. The number of aryl methyl sites for hydroxylation is 1. The SMILES string of the molecule is COc1ccc(OC)c2c1CN(C(=O)c1cc3c(C)nn(-c4ccc(Cl)cc4)c3s1)CC2O. The van der Waals surface area contributed by atoms with E-state index in [1.54, 1.807) is 31.3 Å². The lowest BCUT2D eigenvalue weighted by Crippen LogP contribution is -2.38. The Kier molecular flexibility index (Phi) is 5.52. The van der Waals surface area contributed by atoms with Gasteiger partial charge in [-0.05, 0) is 49.4 Å². The number of aromatic nitrogens is 2. The lowest BCUT2D eigenvalue weighted by molar-refractivity contribution is 0.0543. The molecule has 7 nitrogen and oxygen atoms in total. The van der Waals surface area contributed by atoms with Crippen molar-refractivity contribution in [3.8, 4) is 17.2 Å². The van der Waals surface area contributed by atoms with E-state index < -0.39 is 6.10 Å². The maximum absolute atomic E-state index is 13.5. The molecule has 1 atom stereocenters. The Balaban J connectivity index is 1.51. The van der Waals surface area contributed by atoms with Gasteiger partial charge in [-0.25, -0.2) is 4.68 Å². The second kappa shape index (κ2) is 8.37. The summed E-state index contributed by atoms with van der Waals surface area (Å²) in [5.74, 6) is 1.06. The molecule has 5 rings (SSSR count). The molecule has 0 saturated heterocycles. The summed E-state index contributed by atoms with van der Waals surface area (Å²) in [6.07, 6.45) is -0.872. The van der Waals surface area contributed by atoms with Crippen LogP contribution in [0.2, 0.25) is 5.02 Å². The largest absolute Gasteiger partial charge is 0.496 e. The van der Waals surface area contributed by atoms with E-state index in [1.807, 2.05) is 41.9 Å². The number of rotatable bonds is 4. The zero-order valence-electron chi connectivity index (χ0n) is 18.3. The molecule has 0 aliphatic carbocycles. The zero-order chi connectivity index (χ0) is 23.3. The van der Waals surface area contributed by atoms with Crippen molar-refractivity contribution < 1.29 is 19.4 Å². The van der Waals surface area contributed by atoms with Gasteiger partial charge in [0.2, 0.25) is 0 Å². The molecule has 0 spiro atoms. The molecular formula is C24H22ClN3O4S. The summed E-state index contributed by atoms with van der Waals surface area (Å²) in [5, 5.41) is 17.1. The average Bonchev–Trinajstić information content (AvgIpc) is 3.39. The van der Waals surface area contributed by atoms with E-state index in [0.29, 0.717) is 33.5 Å². The minimum atomic E-state index is -0.872. The Morgan fingerprint density at radius 3 is 2.55 bits per heavy atom. The van der Waals surface area contributed by atoms with Crippen LogP contribution in [0.3, 0.4) is 0 Å². The van der Waals surface area contributed by atoms with E-state index in [0.717, 1.165) is 27.2 Å². The van der Waals surface area contributed by atoms with Crippen LogP contribution in [-0.4, -0.2) is 46.5 Å². The Hall–Kier alpha value is -3.07. The molecule has 4 aromatic rings. The molecule has 3 heterocycles. The molecule has 0 saturated carbocycles. The van der Waals surface area contributed by atoms with Crippen LogP contribution in [0.25, 0.3) is 15.9 Å². The van der Waals surface area contributed by atoms with E-state index >= 15 is 0 Å². The summed E-state index contributed by atoms with van der Waals surface area (Å²) in [6, 6.07) is 12.9. The zero-order valence-corrected chi connectivity index (χ0v) is 19.9. The number of carbonyl (C=O) groups is 1. The minimum Gasteiger partial charge on any atom is -0.496 e. The van der Waals surface area contributed by atoms with Gasteiger partial charge >= 0.3 is 0 Å². The van der Waals surface area contributed by atoms with Crippen molar-refractivity contribution >= 4 is 39.1 Å². The van der Waals surface area contributed by atoms with Gasteiger partial charge in [0, 0.05) is 21.5 Å². The highest BCUT2D eigenvalue weighted by molar-refractivity contribution is 7.20. The summed E-state index contributed by atoms with van der Waals surface area (Å²) in [7, 11) is 3.14. The lowest BCUT2D eigenvalue weighted by Gasteiger charge is -2.33. The van der Waals surface area contributed by atoms with E-state index in [2.05, 4.69) is 5.10 Å². The van der Waals surface area contributed by atoms with E-state index in [4.69, 9.17) is 21.1 Å². The number of hydrogen-bond donors (Lipinski definition) is 1. The number of benzene rings is 2. The first-order chi connectivity index (χ1) is 15.9. The highest BCUT2D eigenvalue weighted by atomic mass is 35.5. The van der Waals surface area contributed by atoms with Crippen molar-refractivity contribution in [1.82, 2.24) is 14.7 Å². The van der Waals surface area contributed by atoms with Crippen molar-refractivity contribution in [3.05, 3.63) is 69.2 Å². The summed E-state index contributed by atoms with van der Waals surface area (Å²) in [5.41, 5.74) is 3.14. The standard InChI is InChI=1S/C24H22ClN3O4S/c1-13-16-10-21(33-24(16)28(26-13)15-6-4-14(25)5-7-15)23(30)27-11-17-19(31-2)8-9-20(32-3)22(17)18(29)12-27/h4-10,18,29H,11-12H2,1-3H3. The van der Waals surface area contributed by atoms with Crippen LogP contribution in [0, 0.1) is 6.92 Å². The fourth-order valence-corrected chi connectivity index (χ4v) is 5.57. The Labute approximate surface area is 199 Å². The molecule has 1 unspecified atom stereocenters. The Morgan fingerprint density at radius 2 is 1.85 bits per heavy atom. The molecule has 0 bridgehead atoms. The number of halogens is 1. The van der Waals surface area contributed by atoms with Crippen LogP contribution in [0.5, 0.6) is 11.5 Å². The molecule has 2 aromatic heterocycles. The highest BCUT2D eigenvalue weighted by Crippen LogP contribution is 2.40. The van der Waals surface area contributed by atoms with Crippen molar-refractivity contribution in [2.75, 3.05) is 20.8 Å². The number of thiophene rings is 1. The molecular weight excluding hydrogens is 462 g/mol. The number of carbonyl (C=O) groups excluding carboxylic acids is 1. The number of amides is 1. The molecule has 1 aliphatic rings. The van der Waals surface area contributed by atoms with Crippen LogP contribution < -0.4 is 9.47 Å². The predicted octanol–water partition coefficient (Wildman–Crippen LogP) is 4.76. The van der Waals surface area contributed by atoms with Crippen LogP contribution in [0.4, 0.5) is 0 Å². The number of hydrogen-bond acceptors (Lipinski definition) is 6. The van der Waals surface area contributed by atoms with E-state index in [-0.39, 0.29) is 12.5 Å². The van der Waals surface area contributed by atoms with Crippen molar-refractivity contribution in [2.24, 2.45) is 0 Å². The molecule has 1 N–H and O–H groups in total. The van der Waals surface area contributed by atoms with E-state index in [9.17, 15) is 9.90 Å². The van der Waals surface area contributed by atoms with Crippen LogP contribution in [-0.2, 0) is 6.54 Å². The van der Waals surface area contributed by atoms with Crippen LogP contribution in [0.1, 0.15) is 32.6 Å². The van der Waals surface area contributed by atoms with Gasteiger partial charge in [-0.15, -0.1) is 11.3 Å². The normalized spacial score (nSPS) is 15.5. The number of aliphatic hydroxyl groups is 1. The highest BCUT2D eigenvalue weighted by Gasteiger charge is 2.33. The second-order valence-corrected chi connectivity index (χ2v) is 9.33. The summed E-state index contributed by atoms with van der Waals surface area (Å²) in [6.45, 7) is 2.42. The maximum Gasteiger partial charge on any atom is 0.264 e. The van der Waals surface area contributed by atoms with E-state index in [1.165, 1.54) is 11.3 Å². The number of ether oxygens (including phenoxy) is 2. The van der Waals surface area contributed by atoms with Gasteiger partial charge in [-0.3, -0.25) is 4.79 Å². The summed E-state index contributed by atoms with van der Waals surface area (Å²) < 4.78 is 12.8. The number of fused-ring (bicyclic) bond motifs is 2. The van der Waals surface area contributed by atoms with Gasteiger partial charge in [0.25, 0.3) is 5.91 Å². The smallest absolute Gasteiger partial charge is 0.264 e. The molecule has 9 heteroatoms. The first kappa shape index (κ1) is 21.8. The third-order valence-electron chi connectivity index (χ3n) is 5.90. The average molecular weight is 484 g/mol. The Morgan fingerprint density at radius 1 is 1.15 bits per heavy atom. The van der Waals surface area contributed by atoms with Gasteiger partial charge in [-0.2, -0.15) is 5.10 Å². The van der Waals surface area contributed by atoms with Crippen molar-refractivity contribution in [1.29, 1.82) is 0 Å². The molecule has 0 radical (unpaired) electrons. The summed E-state index contributed by atoms with van der Waals surface area (Å²) >= 11 is 7.41. The number of methoxy groups -OCH3 is 2. The van der Waals surface area contributed by atoms with Gasteiger partial charge in [0.05, 0.1) is 43.6 Å². The number of β-amino-alcohol motifs (C(OH)–C–C–N with tert-alkyl or cyclic N) is 1. The number of aliphatic hydroxyl groups excluding tert-OH is 1. The fourth-order valence-electron chi connectivity index (χ4n) is 4.30. The second-order valence-electron chi connectivity index (χ2n) is 7.87. The lowest BCUT2D eigenvalue weighted by atomic mass is 9.95. The van der Waals surface area contributed by atoms with Gasteiger partial charge < -0.3 is 19.5 Å². The molecule has 0 fully saturated rings. The Bertz CT molecular complexity index is 1360. The quantitative estimate of drug-likeness (QED) is 0.453. The fraction of sp³-hybridized carbons (Fsp3) is 0.250. The maximum atomic E-state index is 13.5. The van der Waals surface area contributed by atoms with Crippen molar-refractivity contribution in [2.45, 2.75) is 19.6 Å². The first-order valence-electron chi connectivity index (χ1n) is 10.4. The van der Waals surface area contributed by atoms with Gasteiger partial charge in [0.15, 0.2) is 0 Å². The molecule has 2 aromatic carbocycles. The minimum absolute atomic E-state index is 0.146. The topological polar surface area (TPSA) is 76.8 Å². The predicted molar refractivity (Wildman–Crippen MR) is 128 cm³/mol. The summed E-state index contributed by atoms with van der Waals surface area (Å²) in [4.78, 5) is 16.6. The molecule has 33 heavy (non-hydrogen) atoms. The van der Waals surface area contributed by atoms with Gasteiger partial charge in [0.1, 0.15) is 22.4 Å². The third-order valence-corrected chi connectivity index (χ3v) is 7.25. The van der Waals surface area contributed by atoms with Crippen molar-refractivity contribution in [3.63, 3.8) is 0 Å². The monoisotopic (exact) mass is 483 g/mol. The molecule has 1 amide bonds. The first-order valence-corrected chi connectivity index (χ1v) is 11.6. The third kappa shape index (κ3) is 3.64. The molecule has 1 aliphatic heterocycles. The van der Waals surface area contributed by atoms with Crippen LogP contribution >= 0.6 is 22.9 Å².